The summed E-state index contributed by atoms with van der Waals surface area (Å²) in [6, 6.07) is 11.3. The first-order valence-corrected chi connectivity index (χ1v) is 11.6. The molecule has 0 unspecified atom stereocenters. The number of thiophene rings is 1. The molecule has 0 bridgehead atoms. The van der Waals surface area contributed by atoms with Crippen molar-refractivity contribution in [2.75, 3.05) is 13.7 Å². The molecule has 3 nitrogen and oxygen atoms in total. The van der Waals surface area contributed by atoms with Crippen LogP contribution >= 0.6 is 11.3 Å². The van der Waals surface area contributed by atoms with Crippen LogP contribution < -0.4 is 4.74 Å². The summed E-state index contributed by atoms with van der Waals surface area (Å²) in [5.41, 5.74) is 5.87. The van der Waals surface area contributed by atoms with Crippen LogP contribution in [0, 0.1) is 5.92 Å². The molecule has 0 N–H and O–H groups in total. The summed E-state index contributed by atoms with van der Waals surface area (Å²) in [5.74, 6) is 1.84. The Morgan fingerprint density at radius 1 is 1.07 bits per heavy atom. The number of ether oxygens (including phenoxy) is 1. The van der Waals surface area contributed by atoms with E-state index in [1.165, 1.54) is 65.7 Å². The fourth-order valence-electron chi connectivity index (χ4n) is 5.08. The lowest BCUT2D eigenvalue weighted by Crippen LogP contribution is -2.31. The standard InChI is InChI=1S/C24H30N2OS/c1-27-22-8-7-20-16-25(11-9-19(20)13-22)17-21-14-24-23(10-12-28-24)26(21)15-18-5-3-2-4-6-18/h7-8,10,12-14,18H,2-6,9,11,15-17H2,1H3. The summed E-state index contributed by atoms with van der Waals surface area (Å²) >= 11 is 1.89. The fraction of sp³-hybridized carbons (Fsp3) is 0.500. The van der Waals surface area contributed by atoms with Crippen LogP contribution in [-0.4, -0.2) is 23.1 Å². The SMILES string of the molecule is COc1ccc2c(c1)CCN(Cc1cc3sccc3n1CC1CCCCC1)C2. The molecule has 2 aliphatic rings. The molecule has 2 aromatic heterocycles. The van der Waals surface area contributed by atoms with Gasteiger partial charge in [0.2, 0.25) is 0 Å². The van der Waals surface area contributed by atoms with Gasteiger partial charge in [-0.25, -0.2) is 0 Å². The van der Waals surface area contributed by atoms with Crippen LogP contribution in [0.1, 0.15) is 48.9 Å². The van der Waals surface area contributed by atoms with Gasteiger partial charge in [-0.2, -0.15) is 0 Å². The normalized spacial score (nSPS) is 18.5. The Morgan fingerprint density at radius 2 is 1.96 bits per heavy atom. The van der Waals surface area contributed by atoms with E-state index >= 15 is 0 Å². The molecule has 0 atom stereocenters. The van der Waals surface area contributed by atoms with Crippen LogP contribution in [0.4, 0.5) is 0 Å². The van der Waals surface area contributed by atoms with Crippen LogP contribution in [0.15, 0.2) is 35.7 Å². The molecule has 3 aromatic rings. The maximum Gasteiger partial charge on any atom is 0.119 e. The topological polar surface area (TPSA) is 17.4 Å². The van der Waals surface area contributed by atoms with Gasteiger partial charge in [0.25, 0.3) is 0 Å². The molecule has 3 heterocycles. The van der Waals surface area contributed by atoms with Gasteiger partial charge >= 0.3 is 0 Å². The highest BCUT2D eigenvalue weighted by Crippen LogP contribution is 2.32. The van der Waals surface area contributed by atoms with Gasteiger partial charge in [-0.15, -0.1) is 11.3 Å². The van der Waals surface area contributed by atoms with Gasteiger partial charge in [0.15, 0.2) is 0 Å². The molecule has 0 saturated heterocycles. The molecule has 1 fully saturated rings. The largest absolute Gasteiger partial charge is 0.497 e. The van der Waals surface area contributed by atoms with Crippen molar-refractivity contribution in [3.05, 3.63) is 52.5 Å². The van der Waals surface area contributed by atoms with Crippen molar-refractivity contribution >= 4 is 21.6 Å². The minimum Gasteiger partial charge on any atom is -0.497 e. The van der Waals surface area contributed by atoms with Crippen molar-refractivity contribution in [3.8, 4) is 5.75 Å². The van der Waals surface area contributed by atoms with E-state index in [4.69, 9.17) is 4.74 Å². The molecular weight excluding hydrogens is 364 g/mol. The summed E-state index contributed by atoms with van der Waals surface area (Å²) in [6.07, 6.45) is 8.19. The molecule has 28 heavy (non-hydrogen) atoms. The number of benzene rings is 1. The van der Waals surface area contributed by atoms with Crippen molar-refractivity contribution in [2.24, 2.45) is 5.92 Å². The second kappa shape index (κ2) is 7.92. The predicted molar refractivity (Wildman–Crippen MR) is 117 cm³/mol. The monoisotopic (exact) mass is 394 g/mol. The number of fused-ring (bicyclic) bond motifs is 2. The number of hydrogen-bond donors (Lipinski definition) is 0. The van der Waals surface area contributed by atoms with Crippen LogP contribution in [0.3, 0.4) is 0 Å². The lowest BCUT2D eigenvalue weighted by molar-refractivity contribution is 0.235. The smallest absolute Gasteiger partial charge is 0.119 e. The van der Waals surface area contributed by atoms with Crippen molar-refractivity contribution < 1.29 is 4.74 Å². The summed E-state index contributed by atoms with van der Waals surface area (Å²) in [7, 11) is 1.75. The van der Waals surface area contributed by atoms with Gasteiger partial charge in [-0.05, 0) is 66.0 Å². The third kappa shape index (κ3) is 3.60. The third-order valence-corrected chi connectivity index (χ3v) is 7.52. The number of nitrogens with zero attached hydrogens (tertiary/aromatic N) is 2. The predicted octanol–water partition coefficient (Wildman–Crippen LogP) is 5.85. The molecule has 1 aliphatic heterocycles. The van der Waals surface area contributed by atoms with Crippen LogP contribution in [0.5, 0.6) is 5.75 Å². The second-order valence-electron chi connectivity index (χ2n) is 8.52. The van der Waals surface area contributed by atoms with E-state index in [1.54, 1.807) is 7.11 Å². The molecule has 1 aromatic carbocycles. The Hall–Kier alpha value is -1.78. The molecule has 5 rings (SSSR count). The molecule has 1 aliphatic carbocycles. The summed E-state index contributed by atoms with van der Waals surface area (Å²) in [5, 5.41) is 2.25. The van der Waals surface area contributed by atoms with Gasteiger partial charge in [0.05, 0.1) is 17.3 Å². The zero-order valence-corrected chi connectivity index (χ0v) is 17.6. The van der Waals surface area contributed by atoms with E-state index in [-0.39, 0.29) is 0 Å². The Bertz CT molecular complexity index is 951. The minimum absolute atomic E-state index is 0.859. The first-order chi connectivity index (χ1) is 13.8. The van der Waals surface area contributed by atoms with Gasteiger partial charge in [-0.3, -0.25) is 4.90 Å². The zero-order chi connectivity index (χ0) is 18.9. The highest BCUT2D eigenvalue weighted by atomic mass is 32.1. The summed E-state index contributed by atoms with van der Waals surface area (Å²) in [4.78, 5) is 2.62. The Kier molecular flexibility index (Phi) is 5.17. The minimum atomic E-state index is 0.859. The molecule has 0 spiro atoms. The summed E-state index contributed by atoms with van der Waals surface area (Å²) in [6.45, 7) is 4.43. The Labute approximate surface area is 171 Å². The summed E-state index contributed by atoms with van der Waals surface area (Å²) < 4.78 is 9.50. The quantitative estimate of drug-likeness (QED) is 0.540. The lowest BCUT2D eigenvalue weighted by Gasteiger charge is -2.30. The van der Waals surface area contributed by atoms with Crippen LogP contribution in [0.25, 0.3) is 10.2 Å². The van der Waals surface area contributed by atoms with Gasteiger partial charge in [-0.1, -0.05) is 25.3 Å². The number of aromatic nitrogens is 1. The third-order valence-electron chi connectivity index (χ3n) is 6.66. The van der Waals surface area contributed by atoms with Crippen molar-refractivity contribution in [3.63, 3.8) is 0 Å². The molecule has 148 valence electrons. The fourth-order valence-corrected chi connectivity index (χ4v) is 5.93. The Balaban J connectivity index is 1.36. The van der Waals surface area contributed by atoms with E-state index in [1.807, 2.05) is 11.3 Å². The average Bonchev–Trinajstić information content (AvgIpc) is 3.31. The zero-order valence-electron chi connectivity index (χ0n) is 16.8. The highest BCUT2D eigenvalue weighted by molar-refractivity contribution is 7.17. The van der Waals surface area contributed by atoms with E-state index in [2.05, 4.69) is 45.2 Å². The van der Waals surface area contributed by atoms with E-state index < -0.39 is 0 Å². The average molecular weight is 395 g/mol. The number of hydrogen-bond acceptors (Lipinski definition) is 3. The van der Waals surface area contributed by atoms with Crippen molar-refractivity contribution in [1.29, 1.82) is 0 Å². The van der Waals surface area contributed by atoms with E-state index in [0.717, 1.165) is 37.7 Å². The highest BCUT2D eigenvalue weighted by Gasteiger charge is 2.21. The van der Waals surface area contributed by atoms with Gasteiger partial charge < -0.3 is 9.30 Å². The Morgan fingerprint density at radius 3 is 2.82 bits per heavy atom. The van der Waals surface area contributed by atoms with Crippen LogP contribution in [-0.2, 0) is 26.1 Å². The maximum atomic E-state index is 5.40. The van der Waals surface area contributed by atoms with E-state index in [0.29, 0.717) is 0 Å². The van der Waals surface area contributed by atoms with Gasteiger partial charge in [0, 0.05) is 31.9 Å². The van der Waals surface area contributed by atoms with Gasteiger partial charge in [0.1, 0.15) is 5.75 Å². The molecule has 0 radical (unpaired) electrons. The molecule has 0 amide bonds. The van der Waals surface area contributed by atoms with E-state index in [9.17, 15) is 0 Å². The van der Waals surface area contributed by atoms with Crippen molar-refractivity contribution in [1.82, 2.24) is 9.47 Å². The number of rotatable bonds is 5. The lowest BCUT2D eigenvalue weighted by atomic mass is 9.89. The first-order valence-electron chi connectivity index (χ1n) is 10.7. The maximum absolute atomic E-state index is 5.40. The molecule has 1 saturated carbocycles. The second-order valence-corrected chi connectivity index (χ2v) is 9.46. The first kappa shape index (κ1) is 18.3. The van der Waals surface area contributed by atoms with Crippen LogP contribution in [0.2, 0.25) is 0 Å². The van der Waals surface area contributed by atoms with Crippen molar-refractivity contribution in [2.45, 2.75) is 58.2 Å². The molecule has 4 heteroatoms. The molecular formula is C24H30N2OS. The number of methoxy groups -OCH3 is 1.